The van der Waals surface area contributed by atoms with E-state index in [0.717, 1.165) is 12.5 Å². The van der Waals surface area contributed by atoms with Gasteiger partial charge in [-0.15, -0.1) is 11.3 Å². The lowest BCUT2D eigenvalue weighted by Crippen LogP contribution is -2.40. The summed E-state index contributed by atoms with van der Waals surface area (Å²) in [4.78, 5) is 4.23. The van der Waals surface area contributed by atoms with Crippen LogP contribution in [0.2, 0.25) is 0 Å². The highest BCUT2D eigenvalue weighted by Gasteiger charge is 2.25. The van der Waals surface area contributed by atoms with Crippen LogP contribution in [0.5, 0.6) is 0 Å². The molecule has 3 heteroatoms. The van der Waals surface area contributed by atoms with Gasteiger partial charge in [-0.2, -0.15) is 0 Å². The monoisotopic (exact) mass is 252 g/mol. The topological polar surface area (TPSA) is 15.3 Å². The fraction of sp³-hybridized carbons (Fsp3) is 0.714. The van der Waals surface area contributed by atoms with Gasteiger partial charge in [0.15, 0.2) is 0 Å². The summed E-state index contributed by atoms with van der Waals surface area (Å²) in [6.07, 6.45) is 3.97. The predicted molar refractivity (Wildman–Crippen MR) is 75.6 cm³/mol. The van der Waals surface area contributed by atoms with E-state index >= 15 is 0 Å². The van der Waals surface area contributed by atoms with E-state index in [1.54, 1.807) is 0 Å². The van der Waals surface area contributed by atoms with Gasteiger partial charge in [0.05, 0.1) is 0 Å². The zero-order chi connectivity index (χ0) is 12.1. The van der Waals surface area contributed by atoms with Crippen LogP contribution in [0.15, 0.2) is 17.5 Å². The van der Waals surface area contributed by atoms with Gasteiger partial charge in [-0.3, -0.25) is 4.90 Å². The van der Waals surface area contributed by atoms with Gasteiger partial charge in [-0.25, -0.2) is 0 Å². The van der Waals surface area contributed by atoms with Crippen LogP contribution in [0.4, 0.5) is 0 Å². The maximum absolute atomic E-state index is 3.33. The van der Waals surface area contributed by atoms with Gasteiger partial charge in [0, 0.05) is 17.5 Å². The minimum absolute atomic E-state index is 0.648. The van der Waals surface area contributed by atoms with Crippen LogP contribution in [-0.2, 0) is 0 Å². The number of piperidine rings is 1. The molecule has 1 fully saturated rings. The summed E-state index contributed by atoms with van der Waals surface area (Å²) in [5, 5.41) is 5.53. The van der Waals surface area contributed by atoms with Crippen LogP contribution in [0.3, 0.4) is 0 Å². The average molecular weight is 252 g/mol. The molecule has 0 saturated carbocycles. The van der Waals surface area contributed by atoms with Gasteiger partial charge >= 0.3 is 0 Å². The summed E-state index contributed by atoms with van der Waals surface area (Å²) < 4.78 is 0. The predicted octanol–water partition coefficient (Wildman–Crippen LogP) is 3.13. The number of likely N-dealkylation sites (tertiary alicyclic amines) is 1. The zero-order valence-electron chi connectivity index (χ0n) is 11.0. The Balaban J connectivity index is 1.99. The highest BCUT2D eigenvalue weighted by Crippen LogP contribution is 2.31. The summed E-state index contributed by atoms with van der Waals surface area (Å²) in [5.74, 6) is 0.836. The Morgan fingerprint density at radius 2 is 2.47 bits per heavy atom. The fourth-order valence-electron chi connectivity index (χ4n) is 2.96. The second-order valence-electron chi connectivity index (χ2n) is 5.00. The van der Waals surface area contributed by atoms with E-state index in [9.17, 15) is 0 Å². The third-order valence-corrected chi connectivity index (χ3v) is 4.72. The van der Waals surface area contributed by atoms with Crippen molar-refractivity contribution in [3.63, 3.8) is 0 Å². The molecule has 2 unspecified atom stereocenters. The lowest BCUT2D eigenvalue weighted by Gasteiger charge is -2.37. The first-order chi connectivity index (χ1) is 8.35. The Kier molecular flexibility index (Phi) is 5.01. The number of hydrogen-bond donors (Lipinski definition) is 1. The van der Waals surface area contributed by atoms with Crippen LogP contribution in [0.25, 0.3) is 0 Å². The van der Waals surface area contributed by atoms with Gasteiger partial charge in [-0.1, -0.05) is 13.0 Å². The second kappa shape index (κ2) is 6.53. The maximum Gasteiger partial charge on any atom is 0.0439 e. The summed E-state index contributed by atoms with van der Waals surface area (Å²) in [6, 6.07) is 5.12. The van der Waals surface area contributed by atoms with Crippen molar-refractivity contribution in [1.29, 1.82) is 0 Å². The zero-order valence-corrected chi connectivity index (χ0v) is 11.8. The lowest BCUT2D eigenvalue weighted by atomic mass is 9.96. The van der Waals surface area contributed by atoms with E-state index in [4.69, 9.17) is 0 Å². The molecule has 96 valence electrons. The maximum atomic E-state index is 3.33. The molecule has 2 nitrogen and oxygen atoms in total. The number of nitrogens with one attached hydrogen (secondary N) is 1. The third-order valence-electron chi connectivity index (χ3n) is 3.74. The van der Waals surface area contributed by atoms with Crippen molar-refractivity contribution < 1.29 is 0 Å². The van der Waals surface area contributed by atoms with Crippen molar-refractivity contribution in [3.8, 4) is 0 Å². The quantitative estimate of drug-likeness (QED) is 0.866. The molecule has 0 spiro atoms. The lowest BCUT2D eigenvalue weighted by molar-refractivity contribution is 0.121. The largest absolute Gasteiger partial charge is 0.319 e. The van der Waals surface area contributed by atoms with Crippen molar-refractivity contribution >= 4 is 11.3 Å². The first-order valence-corrected chi connectivity index (χ1v) is 7.65. The van der Waals surface area contributed by atoms with Crippen molar-refractivity contribution in [2.75, 3.05) is 26.7 Å². The third kappa shape index (κ3) is 3.30. The molecule has 0 radical (unpaired) electrons. The summed E-state index contributed by atoms with van der Waals surface area (Å²) in [6.45, 7) is 6.01. The van der Waals surface area contributed by atoms with E-state index in [0.29, 0.717) is 6.04 Å². The highest BCUT2D eigenvalue weighted by molar-refractivity contribution is 7.10. The first kappa shape index (κ1) is 13.1. The number of rotatable bonds is 5. The van der Waals surface area contributed by atoms with Crippen molar-refractivity contribution in [2.24, 2.45) is 5.92 Å². The van der Waals surface area contributed by atoms with Gasteiger partial charge in [0.1, 0.15) is 0 Å². The number of thiophene rings is 1. The van der Waals surface area contributed by atoms with Gasteiger partial charge in [0.2, 0.25) is 0 Å². The van der Waals surface area contributed by atoms with E-state index in [1.165, 1.54) is 37.2 Å². The van der Waals surface area contributed by atoms with E-state index in [-0.39, 0.29) is 0 Å². The number of nitrogens with zero attached hydrogens (tertiary/aromatic N) is 1. The Labute approximate surface area is 109 Å². The molecule has 17 heavy (non-hydrogen) atoms. The average Bonchev–Trinajstić information content (AvgIpc) is 2.85. The molecule has 0 bridgehead atoms. The van der Waals surface area contributed by atoms with Crippen LogP contribution in [-0.4, -0.2) is 31.6 Å². The molecular weight excluding hydrogens is 228 g/mol. The van der Waals surface area contributed by atoms with Crippen molar-refractivity contribution in [2.45, 2.75) is 32.2 Å². The minimum Gasteiger partial charge on any atom is -0.319 e. The molecule has 2 rings (SSSR count). The Hall–Kier alpha value is -0.380. The summed E-state index contributed by atoms with van der Waals surface area (Å²) in [7, 11) is 2.06. The normalized spacial score (nSPS) is 23.8. The minimum atomic E-state index is 0.648. The molecule has 2 atom stereocenters. The molecule has 0 aliphatic carbocycles. The smallest absolute Gasteiger partial charge is 0.0439 e. The van der Waals surface area contributed by atoms with Crippen LogP contribution in [0.1, 0.15) is 37.1 Å². The standard InChI is InChI=1S/C14H24N2S/c1-3-13(14-7-5-9-17-14)16-8-4-6-12(11-16)10-15-2/h5,7,9,12-13,15H,3-4,6,8,10-11H2,1-2H3. The first-order valence-electron chi connectivity index (χ1n) is 6.77. The molecular formula is C14H24N2S. The highest BCUT2D eigenvalue weighted by atomic mass is 32.1. The Bertz CT molecular complexity index is 308. The van der Waals surface area contributed by atoms with Gasteiger partial charge in [-0.05, 0) is 56.8 Å². The van der Waals surface area contributed by atoms with Gasteiger partial charge in [0.25, 0.3) is 0 Å². The molecule has 1 N–H and O–H groups in total. The number of hydrogen-bond acceptors (Lipinski definition) is 3. The van der Waals surface area contributed by atoms with Crippen molar-refractivity contribution in [1.82, 2.24) is 10.2 Å². The van der Waals surface area contributed by atoms with Crippen molar-refractivity contribution in [3.05, 3.63) is 22.4 Å². The molecule has 0 aromatic carbocycles. The van der Waals surface area contributed by atoms with Gasteiger partial charge < -0.3 is 5.32 Å². The van der Waals surface area contributed by atoms with Crippen LogP contribution in [0, 0.1) is 5.92 Å². The Morgan fingerprint density at radius 3 is 3.12 bits per heavy atom. The van der Waals surface area contributed by atoms with E-state index in [1.807, 2.05) is 11.3 Å². The molecule has 1 aliphatic heterocycles. The second-order valence-corrected chi connectivity index (χ2v) is 5.98. The molecule has 2 heterocycles. The van der Waals surface area contributed by atoms with Crippen LogP contribution >= 0.6 is 11.3 Å². The molecule has 1 aromatic heterocycles. The molecule has 1 saturated heterocycles. The summed E-state index contributed by atoms with van der Waals surface area (Å²) >= 11 is 1.91. The molecule has 0 amide bonds. The molecule has 1 aliphatic rings. The molecule has 1 aromatic rings. The SMILES string of the molecule is CCC(c1cccs1)N1CCCC(CNC)C1. The van der Waals surface area contributed by atoms with E-state index in [2.05, 4.69) is 41.7 Å². The fourth-order valence-corrected chi connectivity index (χ4v) is 3.90. The van der Waals surface area contributed by atoms with E-state index < -0.39 is 0 Å². The van der Waals surface area contributed by atoms with Crippen LogP contribution < -0.4 is 5.32 Å². The Morgan fingerprint density at radius 1 is 1.59 bits per heavy atom. The summed E-state index contributed by atoms with van der Waals surface area (Å²) in [5.41, 5.74) is 0.